The molecule has 3 aromatic rings. The van der Waals surface area contributed by atoms with Crippen LogP contribution in [-0.4, -0.2) is 16.1 Å². The fourth-order valence-electron chi connectivity index (χ4n) is 2.41. The van der Waals surface area contributed by atoms with Crippen LogP contribution in [0.25, 0.3) is 0 Å². The molecular weight excluding hydrogens is 331 g/mol. The number of halogens is 1. The van der Waals surface area contributed by atoms with Crippen molar-refractivity contribution in [2.45, 2.75) is 20.3 Å². The molecule has 5 nitrogen and oxygen atoms in total. The van der Waals surface area contributed by atoms with Crippen LogP contribution in [0.2, 0.25) is 0 Å². The maximum atomic E-state index is 12.9. The summed E-state index contributed by atoms with van der Waals surface area (Å²) in [5, 5.41) is 13.9. The predicted octanol–water partition coefficient (Wildman–Crippen LogP) is 4.16. The summed E-state index contributed by atoms with van der Waals surface area (Å²) in [6.45, 7) is 4.11. The van der Waals surface area contributed by atoms with Gasteiger partial charge in [-0.15, -0.1) is 10.2 Å². The minimum Gasteiger partial charge on any atom is -0.339 e. The van der Waals surface area contributed by atoms with Crippen molar-refractivity contribution in [3.05, 3.63) is 77.1 Å². The SMILES string of the molecule is Cc1ccc(Nc2ccc(NC(=O)Cc3ccc(F)cc3)nn2)cc1C. The Balaban J connectivity index is 1.59. The van der Waals surface area contributed by atoms with E-state index in [1.165, 1.54) is 23.3 Å². The molecule has 0 bridgehead atoms. The molecule has 1 heterocycles. The number of hydrogen-bond donors (Lipinski definition) is 2. The lowest BCUT2D eigenvalue weighted by atomic mass is 10.1. The van der Waals surface area contributed by atoms with Gasteiger partial charge < -0.3 is 10.6 Å². The van der Waals surface area contributed by atoms with Crippen molar-refractivity contribution in [3.8, 4) is 0 Å². The van der Waals surface area contributed by atoms with Crippen molar-refractivity contribution in [1.29, 1.82) is 0 Å². The van der Waals surface area contributed by atoms with Crippen molar-refractivity contribution in [3.63, 3.8) is 0 Å². The quantitative estimate of drug-likeness (QED) is 0.725. The molecule has 0 atom stereocenters. The second-order valence-corrected chi connectivity index (χ2v) is 6.08. The summed E-state index contributed by atoms with van der Waals surface area (Å²) >= 11 is 0. The molecule has 3 rings (SSSR count). The van der Waals surface area contributed by atoms with E-state index < -0.39 is 0 Å². The number of carbonyl (C=O) groups excluding carboxylic acids is 1. The van der Waals surface area contributed by atoms with Gasteiger partial charge in [0, 0.05) is 5.69 Å². The molecule has 1 amide bonds. The molecule has 0 unspecified atom stereocenters. The highest BCUT2D eigenvalue weighted by molar-refractivity contribution is 5.91. The number of hydrogen-bond acceptors (Lipinski definition) is 4. The molecule has 2 N–H and O–H groups in total. The van der Waals surface area contributed by atoms with Gasteiger partial charge in [0.05, 0.1) is 6.42 Å². The lowest BCUT2D eigenvalue weighted by Crippen LogP contribution is -2.15. The third-order valence-electron chi connectivity index (χ3n) is 3.99. The first kappa shape index (κ1) is 17.5. The number of aromatic nitrogens is 2. The molecule has 132 valence electrons. The first-order valence-electron chi connectivity index (χ1n) is 8.22. The normalized spacial score (nSPS) is 10.4. The van der Waals surface area contributed by atoms with Crippen LogP contribution in [0.5, 0.6) is 0 Å². The standard InChI is InChI=1S/C20H19FN4O/c1-13-3-8-17(11-14(13)2)22-18-9-10-19(25-24-18)23-20(26)12-15-4-6-16(21)7-5-15/h3-11H,12H2,1-2H3,(H,22,24)(H,23,25,26). The number of aryl methyl sites for hydroxylation is 2. The van der Waals surface area contributed by atoms with Gasteiger partial charge in [-0.3, -0.25) is 4.79 Å². The molecule has 0 saturated carbocycles. The van der Waals surface area contributed by atoms with E-state index in [9.17, 15) is 9.18 Å². The van der Waals surface area contributed by atoms with E-state index in [4.69, 9.17) is 0 Å². The molecule has 0 saturated heterocycles. The Morgan fingerprint density at radius 3 is 2.27 bits per heavy atom. The third-order valence-corrected chi connectivity index (χ3v) is 3.99. The average molecular weight is 350 g/mol. The summed E-state index contributed by atoms with van der Waals surface area (Å²) in [7, 11) is 0. The molecule has 0 aliphatic carbocycles. The van der Waals surface area contributed by atoms with Crippen molar-refractivity contribution in [1.82, 2.24) is 10.2 Å². The van der Waals surface area contributed by atoms with Crippen molar-refractivity contribution < 1.29 is 9.18 Å². The Morgan fingerprint density at radius 2 is 1.62 bits per heavy atom. The molecule has 26 heavy (non-hydrogen) atoms. The Hall–Kier alpha value is -3.28. The summed E-state index contributed by atoms with van der Waals surface area (Å²) < 4.78 is 12.9. The number of anilines is 3. The first-order valence-corrected chi connectivity index (χ1v) is 8.22. The Bertz CT molecular complexity index is 908. The molecule has 0 spiro atoms. The first-order chi connectivity index (χ1) is 12.5. The summed E-state index contributed by atoms with van der Waals surface area (Å²) in [4.78, 5) is 12.0. The van der Waals surface area contributed by atoms with Gasteiger partial charge in [0.15, 0.2) is 11.6 Å². The predicted molar refractivity (Wildman–Crippen MR) is 100.0 cm³/mol. The fourth-order valence-corrected chi connectivity index (χ4v) is 2.41. The van der Waals surface area contributed by atoms with E-state index >= 15 is 0 Å². The van der Waals surface area contributed by atoms with E-state index in [1.54, 1.807) is 24.3 Å². The van der Waals surface area contributed by atoms with Crippen LogP contribution in [0.3, 0.4) is 0 Å². The van der Waals surface area contributed by atoms with Gasteiger partial charge in [-0.1, -0.05) is 18.2 Å². The van der Waals surface area contributed by atoms with Crippen LogP contribution in [-0.2, 0) is 11.2 Å². The maximum absolute atomic E-state index is 12.9. The minimum absolute atomic E-state index is 0.143. The maximum Gasteiger partial charge on any atom is 0.229 e. The van der Waals surface area contributed by atoms with Crippen molar-refractivity contribution >= 4 is 23.2 Å². The highest BCUT2D eigenvalue weighted by Gasteiger charge is 2.06. The van der Waals surface area contributed by atoms with Crippen LogP contribution in [0.4, 0.5) is 21.7 Å². The van der Waals surface area contributed by atoms with Gasteiger partial charge in [0.1, 0.15) is 5.82 Å². The average Bonchev–Trinajstić information content (AvgIpc) is 2.62. The van der Waals surface area contributed by atoms with Gasteiger partial charge in [-0.05, 0) is 66.9 Å². The van der Waals surface area contributed by atoms with Crippen LogP contribution in [0.15, 0.2) is 54.6 Å². The molecule has 0 fully saturated rings. The van der Waals surface area contributed by atoms with E-state index in [2.05, 4.69) is 27.8 Å². The number of nitrogens with one attached hydrogen (secondary N) is 2. The largest absolute Gasteiger partial charge is 0.339 e. The minimum atomic E-state index is -0.327. The van der Waals surface area contributed by atoms with Crippen LogP contribution >= 0.6 is 0 Å². The van der Waals surface area contributed by atoms with E-state index in [0.29, 0.717) is 11.6 Å². The summed E-state index contributed by atoms with van der Waals surface area (Å²) in [5.74, 6) is 0.389. The van der Waals surface area contributed by atoms with Crippen LogP contribution in [0.1, 0.15) is 16.7 Å². The molecular formula is C20H19FN4O. The van der Waals surface area contributed by atoms with E-state index in [1.807, 2.05) is 25.1 Å². The van der Waals surface area contributed by atoms with Gasteiger partial charge in [-0.25, -0.2) is 4.39 Å². The summed E-state index contributed by atoms with van der Waals surface area (Å²) in [5.41, 5.74) is 4.06. The molecule has 1 aromatic heterocycles. The number of benzene rings is 2. The monoisotopic (exact) mass is 350 g/mol. The molecule has 0 aliphatic rings. The number of nitrogens with zero attached hydrogens (tertiary/aromatic N) is 2. The molecule has 2 aromatic carbocycles. The van der Waals surface area contributed by atoms with E-state index in [-0.39, 0.29) is 18.1 Å². The van der Waals surface area contributed by atoms with Gasteiger partial charge in [0.25, 0.3) is 0 Å². The highest BCUT2D eigenvalue weighted by atomic mass is 19.1. The van der Waals surface area contributed by atoms with E-state index in [0.717, 1.165) is 11.3 Å². The Kier molecular flexibility index (Phi) is 5.22. The van der Waals surface area contributed by atoms with Gasteiger partial charge in [-0.2, -0.15) is 0 Å². The van der Waals surface area contributed by atoms with Gasteiger partial charge in [0.2, 0.25) is 5.91 Å². The number of rotatable bonds is 5. The second kappa shape index (κ2) is 7.74. The Morgan fingerprint density at radius 1 is 0.923 bits per heavy atom. The number of carbonyl (C=O) groups is 1. The topological polar surface area (TPSA) is 66.9 Å². The van der Waals surface area contributed by atoms with Crippen molar-refractivity contribution in [2.75, 3.05) is 10.6 Å². The smallest absolute Gasteiger partial charge is 0.229 e. The Labute approximate surface area is 151 Å². The summed E-state index contributed by atoms with van der Waals surface area (Å²) in [6.07, 6.45) is 0.143. The zero-order chi connectivity index (χ0) is 18.5. The van der Waals surface area contributed by atoms with Crippen LogP contribution in [0, 0.1) is 19.7 Å². The third kappa shape index (κ3) is 4.63. The highest BCUT2D eigenvalue weighted by Crippen LogP contribution is 2.18. The molecule has 6 heteroatoms. The zero-order valence-electron chi connectivity index (χ0n) is 14.6. The van der Waals surface area contributed by atoms with Gasteiger partial charge >= 0.3 is 0 Å². The van der Waals surface area contributed by atoms with Crippen molar-refractivity contribution in [2.24, 2.45) is 0 Å². The lowest BCUT2D eigenvalue weighted by molar-refractivity contribution is -0.115. The fraction of sp³-hybridized carbons (Fsp3) is 0.150. The number of amides is 1. The second-order valence-electron chi connectivity index (χ2n) is 6.08. The molecule has 0 aliphatic heterocycles. The zero-order valence-corrected chi connectivity index (χ0v) is 14.6. The lowest BCUT2D eigenvalue weighted by Gasteiger charge is -2.08. The van der Waals surface area contributed by atoms with Crippen LogP contribution < -0.4 is 10.6 Å². The summed E-state index contributed by atoms with van der Waals surface area (Å²) in [6, 6.07) is 15.3. The molecule has 0 radical (unpaired) electrons.